The van der Waals surface area contributed by atoms with E-state index in [1.807, 2.05) is 25.1 Å². The minimum Gasteiger partial charge on any atom is -0.497 e. The molecule has 0 aliphatic rings. The van der Waals surface area contributed by atoms with Crippen molar-refractivity contribution in [2.24, 2.45) is 0 Å². The first kappa shape index (κ1) is 14.5. The molecule has 0 fully saturated rings. The average Bonchev–Trinajstić information content (AvgIpc) is 2.46. The summed E-state index contributed by atoms with van der Waals surface area (Å²) in [5, 5.41) is 3.48. The topological polar surface area (TPSA) is 47.0 Å². The molecule has 4 nitrogen and oxygen atoms in total. The molecule has 0 aliphatic heterocycles. The fourth-order valence-corrected chi connectivity index (χ4v) is 2.07. The lowest BCUT2D eigenvalue weighted by atomic mass is 10.1. The van der Waals surface area contributed by atoms with Crippen LogP contribution in [0.3, 0.4) is 0 Å². The van der Waals surface area contributed by atoms with Crippen LogP contribution in [0.15, 0.2) is 36.5 Å². The maximum Gasteiger partial charge on any atom is 0.125 e. The van der Waals surface area contributed by atoms with Crippen molar-refractivity contribution in [1.29, 1.82) is 0 Å². The van der Waals surface area contributed by atoms with Gasteiger partial charge >= 0.3 is 0 Å². The molecule has 0 spiro atoms. The molecule has 0 saturated carbocycles. The van der Waals surface area contributed by atoms with E-state index in [2.05, 4.69) is 34.3 Å². The Morgan fingerprint density at radius 2 is 1.95 bits per heavy atom. The van der Waals surface area contributed by atoms with Crippen LogP contribution >= 0.6 is 0 Å². The van der Waals surface area contributed by atoms with Gasteiger partial charge in [-0.15, -0.1) is 0 Å². The highest BCUT2D eigenvalue weighted by Gasteiger charge is 2.04. The fraction of sp³-hybridized carbons (Fsp3) is 0.375. The predicted octanol–water partition coefficient (Wildman–Crippen LogP) is 2.51. The lowest BCUT2D eigenvalue weighted by Gasteiger charge is -2.14. The number of methoxy groups -OCH3 is 1. The van der Waals surface area contributed by atoms with E-state index in [-0.39, 0.29) is 0 Å². The first-order valence-electron chi connectivity index (χ1n) is 6.82. The SMILES string of the molecule is COc1ccc(CC(C)NCc2ccnc(C)n2)cc1. The molecule has 0 aliphatic carbocycles. The summed E-state index contributed by atoms with van der Waals surface area (Å²) >= 11 is 0. The summed E-state index contributed by atoms with van der Waals surface area (Å²) in [6.45, 7) is 4.85. The standard InChI is InChI=1S/C16H21N3O/c1-12(10-14-4-6-16(20-3)7-5-14)18-11-15-8-9-17-13(2)19-15/h4-9,12,18H,10-11H2,1-3H3. The van der Waals surface area contributed by atoms with E-state index in [9.17, 15) is 0 Å². The monoisotopic (exact) mass is 271 g/mol. The number of hydrogen-bond donors (Lipinski definition) is 1. The fourth-order valence-electron chi connectivity index (χ4n) is 2.07. The van der Waals surface area contributed by atoms with E-state index in [1.165, 1.54) is 5.56 Å². The van der Waals surface area contributed by atoms with E-state index in [0.29, 0.717) is 6.04 Å². The lowest BCUT2D eigenvalue weighted by Crippen LogP contribution is -2.28. The number of aromatic nitrogens is 2. The van der Waals surface area contributed by atoms with Gasteiger partial charge in [0.05, 0.1) is 12.8 Å². The molecule has 1 aromatic heterocycles. The minimum absolute atomic E-state index is 0.388. The van der Waals surface area contributed by atoms with Gasteiger partial charge < -0.3 is 10.1 Å². The summed E-state index contributed by atoms with van der Waals surface area (Å²) in [6.07, 6.45) is 2.78. The van der Waals surface area contributed by atoms with Crippen molar-refractivity contribution in [3.05, 3.63) is 53.6 Å². The second-order valence-corrected chi connectivity index (χ2v) is 4.93. The lowest BCUT2D eigenvalue weighted by molar-refractivity contribution is 0.414. The number of nitrogens with one attached hydrogen (secondary N) is 1. The summed E-state index contributed by atoms with van der Waals surface area (Å²) in [5.41, 5.74) is 2.32. The van der Waals surface area contributed by atoms with Crippen molar-refractivity contribution in [2.45, 2.75) is 32.9 Å². The highest BCUT2D eigenvalue weighted by atomic mass is 16.5. The van der Waals surface area contributed by atoms with Gasteiger partial charge in [-0.2, -0.15) is 0 Å². The largest absolute Gasteiger partial charge is 0.497 e. The zero-order valence-electron chi connectivity index (χ0n) is 12.3. The third-order valence-corrected chi connectivity index (χ3v) is 3.17. The Morgan fingerprint density at radius 3 is 2.60 bits per heavy atom. The highest BCUT2D eigenvalue weighted by Crippen LogP contribution is 2.12. The van der Waals surface area contributed by atoms with Crippen LogP contribution < -0.4 is 10.1 Å². The maximum atomic E-state index is 5.16. The van der Waals surface area contributed by atoms with Gasteiger partial charge in [0.2, 0.25) is 0 Å². The Labute approximate surface area is 120 Å². The summed E-state index contributed by atoms with van der Waals surface area (Å²) in [4.78, 5) is 8.48. The van der Waals surface area contributed by atoms with Gasteiger partial charge in [0, 0.05) is 18.8 Å². The van der Waals surface area contributed by atoms with Crippen LogP contribution in [-0.4, -0.2) is 23.1 Å². The van der Waals surface area contributed by atoms with Gasteiger partial charge in [-0.3, -0.25) is 0 Å². The van der Waals surface area contributed by atoms with Crippen LogP contribution in [0.25, 0.3) is 0 Å². The second kappa shape index (κ2) is 7.01. The van der Waals surface area contributed by atoms with Crippen LogP contribution in [-0.2, 0) is 13.0 Å². The van der Waals surface area contributed by atoms with Crippen molar-refractivity contribution in [2.75, 3.05) is 7.11 Å². The second-order valence-electron chi connectivity index (χ2n) is 4.93. The molecule has 0 radical (unpaired) electrons. The quantitative estimate of drug-likeness (QED) is 0.877. The Morgan fingerprint density at radius 1 is 1.20 bits per heavy atom. The van der Waals surface area contributed by atoms with Gasteiger partial charge in [-0.1, -0.05) is 12.1 Å². The number of benzene rings is 1. The Hall–Kier alpha value is -1.94. The van der Waals surface area contributed by atoms with Crippen LogP contribution in [0.5, 0.6) is 5.75 Å². The van der Waals surface area contributed by atoms with Crippen molar-refractivity contribution < 1.29 is 4.74 Å². The predicted molar refractivity (Wildman–Crippen MR) is 79.8 cm³/mol. The smallest absolute Gasteiger partial charge is 0.125 e. The van der Waals surface area contributed by atoms with Crippen molar-refractivity contribution in [3.8, 4) is 5.75 Å². The Balaban J connectivity index is 1.84. The first-order valence-corrected chi connectivity index (χ1v) is 6.82. The molecule has 0 bridgehead atoms. The molecule has 20 heavy (non-hydrogen) atoms. The molecule has 1 N–H and O–H groups in total. The van der Waals surface area contributed by atoms with Gasteiger partial charge in [0.25, 0.3) is 0 Å². The van der Waals surface area contributed by atoms with E-state index in [4.69, 9.17) is 4.74 Å². The Bertz CT molecular complexity index is 540. The van der Waals surface area contributed by atoms with Crippen LogP contribution in [0.2, 0.25) is 0 Å². The van der Waals surface area contributed by atoms with Crippen LogP contribution in [0.1, 0.15) is 24.0 Å². The number of nitrogens with zero attached hydrogens (tertiary/aromatic N) is 2. The molecule has 1 unspecified atom stereocenters. The highest BCUT2D eigenvalue weighted by molar-refractivity contribution is 5.27. The van der Waals surface area contributed by atoms with Crippen molar-refractivity contribution in [1.82, 2.24) is 15.3 Å². The van der Waals surface area contributed by atoms with Gasteiger partial charge in [-0.25, -0.2) is 9.97 Å². The summed E-state index contributed by atoms with van der Waals surface area (Å²) in [6, 6.07) is 10.5. The van der Waals surface area contributed by atoms with Gasteiger partial charge in [-0.05, 0) is 44.0 Å². The zero-order valence-corrected chi connectivity index (χ0v) is 12.3. The van der Waals surface area contributed by atoms with Crippen LogP contribution in [0, 0.1) is 6.92 Å². The Kier molecular flexibility index (Phi) is 5.07. The summed E-state index contributed by atoms with van der Waals surface area (Å²) < 4.78 is 5.16. The zero-order chi connectivity index (χ0) is 14.4. The number of rotatable bonds is 6. The van der Waals surface area contributed by atoms with E-state index in [0.717, 1.165) is 30.2 Å². The molecule has 1 heterocycles. The van der Waals surface area contributed by atoms with Crippen molar-refractivity contribution in [3.63, 3.8) is 0 Å². The van der Waals surface area contributed by atoms with E-state index >= 15 is 0 Å². The normalized spacial score (nSPS) is 12.2. The molecule has 106 valence electrons. The average molecular weight is 271 g/mol. The molecule has 1 atom stereocenters. The van der Waals surface area contributed by atoms with Gasteiger partial charge in [0.15, 0.2) is 0 Å². The molecule has 0 saturated heterocycles. The number of aryl methyl sites for hydroxylation is 1. The molecular formula is C16H21N3O. The van der Waals surface area contributed by atoms with E-state index in [1.54, 1.807) is 13.3 Å². The molecule has 2 aromatic rings. The number of hydrogen-bond acceptors (Lipinski definition) is 4. The summed E-state index contributed by atoms with van der Waals surface area (Å²) in [5.74, 6) is 1.71. The van der Waals surface area contributed by atoms with E-state index < -0.39 is 0 Å². The molecule has 4 heteroatoms. The minimum atomic E-state index is 0.388. The van der Waals surface area contributed by atoms with Crippen LogP contribution in [0.4, 0.5) is 0 Å². The summed E-state index contributed by atoms with van der Waals surface area (Å²) in [7, 11) is 1.68. The molecular weight excluding hydrogens is 250 g/mol. The third kappa shape index (κ3) is 4.31. The molecule has 1 aromatic carbocycles. The first-order chi connectivity index (χ1) is 9.67. The van der Waals surface area contributed by atoms with Crippen molar-refractivity contribution >= 4 is 0 Å². The maximum absolute atomic E-state index is 5.16. The van der Waals surface area contributed by atoms with Gasteiger partial charge in [0.1, 0.15) is 11.6 Å². The molecule has 0 amide bonds. The third-order valence-electron chi connectivity index (χ3n) is 3.17. The molecule has 2 rings (SSSR count). The number of ether oxygens (including phenoxy) is 1.